The molecule has 0 N–H and O–H groups in total. The van der Waals surface area contributed by atoms with Crippen molar-refractivity contribution in [3.63, 3.8) is 0 Å². The van der Waals surface area contributed by atoms with Gasteiger partial charge in [0.2, 0.25) is 0 Å². The molecule has 0 bridgehead atoms. The summed E-state index contributed by atoms with van der Waals surface area (Å²) < 4.78 is 41.3. The van der Waals surface area contributed by atoms with Gasteiger partial charge in [-0.2, -0.15) is 0 Å². The maximum absolute atomic E-state index is 13.1. The summed E-state index contributed by atoms with van der Waals surface area (Å²) in [5, 5.41) is 0. The minimum Gasteiger partial charge on any atom is -0.469 e. The minimum atomic E-state index is -0.762. The molecule has 0 fully saturated rings. The van der Waals surface area contributed by atoms with Gasteiger partial charge in [-0.05, 0) is 66.7 Å². The van der Waals surface area contributed by atoms with Gasteiger partial charge in [-0.15, -0.1) is 0 Å². The molecule has 0 saturated carbocycles. The zero-order chi connectivity index (χ0) is 22.4. The van der Waals surface area contributed by atoms with E-state index in [-0.39, 0.29) is 34.6 Å². The molecule has 31 heavy (non-hydrogen) atoms. The van der Waals surface area contributed by atoms with Gasteiger partial charge in [-0.1, -0.05) is 0 Å². The van der Waals surface area contributed by atoms with Gasteiger partial charge in [-0.25, -0.2) is 18.4 Å². The predicted molar refractivity (Wildman–Crippen MR) is 105 cm³/mol. The maximum atomic E-state index is 13.1. The SMILES string of the molecule is COC(=O)Cc1cc(OC(=O)c2ccc(F)cc2)ccc1OC(=O)c1ccc(F)cc1. The lowest BCUT2D eigenvalue weighted by atomic mass is 10.1. The summed E-state index contributed by atoms with van der Waals surface area (Å²) >= 11 is 0. The number of carbonyl (C=O) groups excluding carboxylic acids is 3. The van der Waals surface area contributed by atoms with E-state index in [1.54, 1.807) is 0 Å². The van der Waals surface area contributed by atoms with E-state index in [9.17, 15) is 23.2 Å². The van der Waals surface area contributed by atoms with Crippen LogP contribution in [0.3, 0.4) is 0 Å². The van der Waals surface area contributed by atoms with Crippen LogP contribution in [0.15, 0.2) is 66.7 Å². The van der Waals surface area contributed by atoms with E-state index in [1.165, 1.54) is 49.6 Å². The first kappa shape index (κ1) is 21.6. The Kier molecular flexibility index (Phi) is 6.71. The number of esters is 3. The van der Waals surface area contributed by atoms with E-state index < -0.39 is 29.5 Å². The van der Waals surface area contributed by atoms with Crippen molar-refractivity contribution in [2.45, 2.75) is 6.42 Å². The average Bonchev–Trinajstić information content (AvgIpc) is 2.76. The lowest BCUT2D eigenvalue weighted by Crippen LogP contribution is -2.13. The summed E-state index contributed by atoms with van der Waals surface area (Å²) in [7, 11) is 1.20. The molecule has 158 valence electrons. The molecule has 0 heterocycles. The molecule has 0 aliphatic rings. The number of hydrogen-bond donors (Lipinski definition) is 0. The van der Waals surface area contributed by atoms with Crippen LogP contribution in [0.2, 0.25) is 0 Å². The van der Waals surface area contributed by atoms with Gasteiger partial charge < -0.3 is 14.2 Å². The summed E-state index contributed by atoms with van der Waals surface area (Å²) in [6, 6.07) is 13.6. The summed E-state index contributed by atoms with van der Waals surface area (Å²) in [5.74, 6) is -2.99. The van der Waals surface area contributed by atoms with Gasteiger partial charge in [0.15, 0.2) is 0 Å². The van der Waals surface area contributed by atoms with Gasteiger partial charge in [0.1, 0.15) is 23.1 Å². The number of halogens is 2. The van der Waals surface area contributed by atoms with E-state index in [2.05, 4.69) is 4.74 Å². The second-order valence-corrected chi connectivity index (χ2v) is 6.32. The largest absolute Gasteiger partial charge is 0.469 e. The van der Waals surface area contributed by atoms with Crippen LogP contribution >= 0.6 is 0 Å². The lowest BCUT2D eigenvalue weighted by molar-refractivity contribution is -0.139. The molecule has 0 unspecified atom stereocenters. The van der Waals surface area contributed by atoms with Gasteiger partial charge in [0.25, 0.3) is 0 Å². The molecule has 0 aliphatic carbocycles. The molecule has 0 radical (unpaired) electrons. The van der Waals surface area contributed by atoms with Gasteiger partial charge in [-0.3, -0.25) is 4.79 Å². The van der Waals surface area contributed by atoms with E-state index in [0.717, 1.165) is 24.3 Å². The number of benzene rings is 3. The van der Waals surface area contributed by atoms with Crippen LogP contribution in [0.4, 0.5) is 8.78 Å². The number of rotatable bonds is 6. The highest BCUT2D eigenvalue weighted by molar-refractivity contribution is 5.92. The van der Waals surface area contributed by atoms with Crippen molar-refractivity contribution in [3.8, 4) is 11.5 Å². The van der Waals surface area contributed by atoms with Crippen LogP contribution in [-0.2, 0) is 16.0 Å². The lowest BCUT2D eigenvalue weighted by Gasteiger charge is -2.12. The molecule has 0 aromatic heterocycles. The second-order valence-electron chi connectivity index (χ2n) is 6.32. The fourth-order valence-corrected chi connectivity index (χ4v) is 2.58. The Balaban J connectivity index is 1.83. The van der Waals surface area contributed by atoms with E-state index >= 15 is 0 Å². The molecule has 8 heteroatoms. The first-order valence-electron chi connectivity index (χ1n) is 9.01. The zero-order valence-electron chi connectivity index (χ0n) is 16.3. The first-order chi connectivity index (χ1) is 14.9. The third kappa shape index (κ3) is 5.72. The van der Waals surface area contributed by atoms with Crippen LogP contribution in [0.25, 0.3) is 0 Å². The van der Waals surface area contributed by atoms with E-state index in [0.29, 0.717) is 0 Å². The van der Waals surface area contributed by atoms with Crippen molar-refractivity contribution in [1.82, 2.24) is 0 Å². The van der Waals surface area contributed by atoms with E-state index in [4.69, 9.17) is 9.47 Å². The summed E-state index contributed by atoms with van der Waals surface area (Å²) in [4.78, 5) is 36.3. The normalized spacial score (nSPS) is 10.3. The standard InChI is InChI=1S/C23H16F2O6/c1-29-21(26)13-16-12-19(30-22(27)14-2-6-17(24)7-3-14)10-11-20(16)31-23(28)15-4-8-18(25)9-5-15/h2-12H,13H2,1H3. The Morgan fingerprint density at radius 3 is 1.77 bits per heavy atom. The molecular formula is C23H16F2O6. The van der Waals surface area contributed by atoms with Crippen LogP contribution in [0.1, 0.15) is 26.3 Å². The summed E-state index contributed by atoms with van der Waals surface area (Å²) in [5.41, 5.74) is 0.465. The van der Waals surface area contributed by atoms with Crippen molar-refractivity contribution < 1.29 is 37.4 Å². The molecule has 3 aromatic carbocycles. The average molecular weight is 426 g/mol. The molecule has 0 atom stereocenters. The van der Waals surface area contributed by atoms with Gasteiger partial charge in [0, 0.05) is 5.56 Å². The molecule has 0 saturated heterocycles. The Labute approximate surface area is 176 Å². The minimum absolute atomic E-state index is 0.0429. The maximum Gasteiger partial charge on any atom is 0.343 e. The molecule has 6 nitrogen and oxygen atoms in total. The quantitative estimate of drug-likeness (QED) is 0.436. The van der Waals surface area contributed by atoms with Crippen molar-refractivity contribution in [2.75, 3.05) is 7.11 Å². The summed E-state index contributed by atoms with van der Waals surface area (Å²) in [6.45, 7) is 0. The topological polar surface area (TPSA) is 78.9 Å². The molecule has 0 amide bonds. The van der Waals surface area contributed by atoms with Crippen LogP contribution in [0.5, 0.6) is 11.5 Å². The number of ether oxygens (including phenoxy) is 3. The highest BCUT2D eigenvalue weighted by Crippen LogP contribution is 2.27. The van der Waals surface area contributed by atoms with Crippen molar-refractivity contribution in [2.24, 2.45) is 0 Å². The smallest absolute Gasteiger partial charge is 0.343 e. The monoisotopic (exact) mass is 426 g/mol. The van der Waals surface area contributed by atoms with E-state index in [1.807, 2.05) is 0 Å². The Hall–Kier alpha value is -4.07. The van der Waals surface area contributed by atoms with Crippen LogP contribution in [-0.4, -0.2) is 25.0 Å². The summed E-state index contributed by atoms with van der Waals surface area (Å²) in [6.07, 6.45) is -0.259. The van der Waals surface area contributed by atoms with Crippen LogP contribution < -0.4 is 9.47 Å². The number of carbonyl (C=O) groups is 3. The van der Waals surface area contributed by atoms with Crippen molar-refractivity contribution in [1.29, 1.82) is 0 Å². The van der Waals surface area contributed by atoms with Crippen molar-refractivity contribution in [3.05, 3.63) is 95.1 Å². The number of hydrogen-bond acceptors (Lipinski definition) is 6. The zero-order valence-corrected chi connectivity index (χ0v) is 16.3. The van der Waals surface area contributed by atoms with Gasteiger partial charge in [0.05, 0.1) is 24.7 Å². The highest BCUT2D eigenvalue weighted by Gasteiger charge is 2.17. The first-order valence-corrected chi connectivity index (χ1v) is 9.01. The molecule has 3 aromatic rings. The molecule has 3 rings (SSSR count). The second kappa shape index (κ2) is 9.62. The molecule has 0 spiro atoms. The Bertz CT molecular complexity index is 1110. The fourth-order valence-electron chi connectivity index (χ4n) is 2.58. The van der Waals surface area contributed by atoms with Crippen LogP contribution in [0, 0.1) is 11.6 Å². The highest BCUT2D eigenvalue weighted by atomic mass is 19.1. The number of methoxy groups -OCH3 is 1. The van der Waals surface area contributed by atoms with Crippen molar-refractivity contribution >= 4 is 17.9 Å². The third-order valence-electron chi connectivity index (χ3n) is 4.17. The Morgan fingerprint density at radius 2 is 1.26 bits per heavy atom. The molecule has 0 aliphatic heterocycles. The fraction of sp³-hybridized carbons (Fsp3) is 0.0870. The third-order valence-corrected chi connectivity index (χ3v) is 4.17. The van der Waals surface area contributed by atoms with Gasteiger partial charge >= 0.3 is 17.9 Å². The predicted octanol–water partition coefficient (Wildman–Crippen LogP) is 4.12. The molecular weight excluding hydrogens is 410 g/mol. The Morgan fingerprint density at radius 1 is 0.742 bits per heavy atom.